The molecule has 3 nitrogen and oxygen atoms in total. The molecule has 0 radical (unpaired) electrons. The second-order valence-electron chi connectivity index (χ2n) is 7.92. The van der Waals surface area contributed by atoms with Crippen molar-refractivity contribution < 1.29 is 14.3 Å². The number of ether oxygens (including phenoxy) is 2. The van der Waals surface area contributed by atoms with E-state index in [0.717, 1.165) is 16.9 Å². The van der Waals surface area contributed by atoms with Gasteiger partial charge in [-0.15, -0.1) is 0 Å². The molecular formula is C19H24O3. The molecule has 1 fully saturated rings. The van der Waals surface area contributed by atoms with E-state index in [2.05, 4.69) is 46.8 Å². The molecular weight excluding hydrogens is 276 g/mol. The van der Waals surface area contributed by atoms with Gasteiger partial charge in [0, 0.05) is 28.5 Å². The highest BCUT2D eigenvalue weighted by molar-refractivity contribution is 5.95. The molecule has 2 aliphatic rings. The Morgan fingerprint density at radius 2 is 1.91 bits per heavy atom. The summed E-state index contributed by atoms with van der Waals surface area (Å²) in [5.41, 5.74) is 4.26. The highest BCUT2D eigenvalue weighted by Crippen LogP contribution is 2.45. The number of rotatable bonds is 1. The summed E-state index contributed by atoms with van der Waals surface area (Å²) in [6.45, 7) is 12.2. The van der Waals surface area contributed by atoms with E-state index in [4.69, 9.17) is 9.47 Å². The number of esters is 1. The molecule has 3 rings (SSSR count). The molecule has 0 saturated carbocycles. The van der Waals surface area contributed by atoms with Crippen LogP contribution in [-0.2, 0) is 20.4 Å². The Morgan fingerprint density at radius 1 is 1.18 bits per heavy atom. The Balaban J connectivity index is 2.15. The Hall–Kier alpha value is -1.77. The van der Waals surface area contributed by atoms with Gasteiger partial charge in [0.05, 0.1) is 13.2 Å². The van der Waals surface area contributed by atoms with Gasteiger partial charge in [-0.05, 0) is 29.2 Å². The van der Waals surface area contributed by atoms with Crippen LogP contribution >= 0.6 is 0 Å². The predicted octanol–water partition coefficient (Wildman–Crippen LogP) is 3.98. The van der Waals surface area contributed by atoms with E-state index in [1.54, 1.807) is 0 Å². The average molecular weight is 300 g/mol. The lowest BCUT2D eigenvalue weighted by molar-refractivity contribution is -0.134. The predicted molar refractivity (Wildman–Crippen MR) is 87.2 cm³/mol. The fourth-order valence-electron chi connectivity index (χ4n) is 3.06. The van der Waals surface area contributed by atoms with Crippen molar-refractivity contribution in [3.8, 4) is 5.75 Å². The highest BCUT2D eigenvalue weighted by Gasteiger charge is 2.36. The van der Waals surface area contributed by atoms with Crippen molar-refractivity contribution >= 4 is 12.0 Å². The summed E-state index contributed by atoms with van der Waals surface area (Å²) in [6, 6.07) is 4.31. The number of carbonyl (C=O) groups is 1. The minimum absolute atomic E-state index is 0.0000346. The summed E-state index contributed by atoms with van der Waals surface area (Å²) >= 11 is 0. The van der Waals surface area contributed by atoms with Crippen LogP contribution < -0.4 is 4.74 Å². The maximum atomic E-state index is 11.7. The highest BCUT2D eigenvalue weighted by atomic mass is 16.5. The van der Waals surface area contributed by atoms with Gasteiger partial charge in [0.25, 0.3) is 0 Å². The fourth-order valence-corrected chi connectivity index (χ4v) is 3.06. The molecule has 118 valence electrons. The molecule has 22 heavy (non-hydrogen) atoms. The first-order chi connectivity index (χ1) is 10.2. The molecule has 2 aliphatic heterocycles. The smallest absolute Gasteiger partial charge is 0.334 e. The first-order valence-electron chi connectivity index (χ1n) is 7.88. The summed E-state index contributed by atoms with van der Waals surface area (Å²) in [6.07, 6.45) is 2.67. The van der Waals surface area contributed by atoms with Gasteiger partial charge in [-0.1, -0.05) is 34.6 Å². The molecule has 3 heteroatoms. The lowest BCUT2D eigenvalue weighted by atomic mass is 9.79. The Bertz CT molecular complexity index is 660. The first kappa shape index (κ1) is 15.1. The maximum Gasteiger partial charge on any atom is 0.334 e. The largest absolute Gasteiger partial charge is 0.492 e. The van der Waals surface area contributed by atoms with E-state index < -0.39 is 0 Å². The molecule has 1 aromatic rings. The number of cyclic esters (lactones) is 1. The number of fused-ring (bicyclic) bond motifs is 1. The van der Waals surface area contributed by atoms with Crippen molar-refractivity contribution in [3.05, 3.63) is 34.4 Å². The van der Waals surface area contributed by atoms with Gasteiger partial charge in [0.15, 0.2) is 0 Å². The zero-order chi connectivity index (χ0) is 16.1. The number of carbonyl (C=O) groups excluding carboxylic acids is 1. The van der Waals surface area contributed by atoms with Gasteiger partial charge in [-0.25, -0.2) is 4.79 Å². The summed E-state index contributed by atoms with van der Waals surface area (Å²) in [4.78, 5) is 11.7. The van der Waals surface area contributed by atoms with Crippen LogP contribution in [0.1, 0.15) is 57.7 Å². The van der Waals surface area contributed by atoms with E-state index >= 15 is 0 Å². The van der Waals surface area contributed by atoms with Crippen molar-refractivity contribution in [3.63, 3.8) is 0 Å². The summed E-state index contributed by atoms with van der Waals surface area (Å²) in [7, 11) is 0. The molecule has 1 saturated heterocycles. The van der Waals surface area contributed by atoms with Crippen molar-refractivity contribution in [1.29, 1.82) is 0 Å². The molecule has 2 heterocycles. The van der Waals surface area contributed by atoms with E-state index in [1.807, 2.05) is 6.08 Å². The van der Waals surface area contributed by atoms with Gasteiger partial charge >= 0.3 is 5.97 Å². The lowest BCUT2D eigenvalue weighted by Gasteiger charge is -2.23. The summed E-state index contributed by atoms with van der Waals surface area (Å²) < 4.78 is 11.0. The number of benzene rings is 1. The fraction of sp³-hybridized carbons (Fsp3) is 0.526. The minimum atomic E-state index is -0.187. The second kappa shape index (κ2) is 4.87. The molecule has 0 aliphatic carbocycles. The standard InChI is InChI=1S/C19H24O3/c1-18(2,3)14-9-12(8-13-6-7-21-17(13)20)10-15-16(14)22-11-19(15,4)5/h8-10H,6-7,11H2,1-5H3/b13-8-. The van der Waals surface area contributed by atoms with Gasteiger partial charge in [-0.3, -0.25) is 0 Å². The van der Waals surface area contributed by atoms with Crippen LogP contribution in [0.2, 0.25) is 0 Å². The van der Waals surface area contributed by atoms with Crippen LogP contribution in [-0.4, -0.2) is 19.2 Å². The monoisotopic (exact) mass is 300 g/mol. The minimum Gasteiger partial charge on any atom is -0.492 e. The zero-order valence-electron chi connectivity index (χ0n) is 14.1. The molecule has 0 bridgehead atoms. The van der Waals surface area contributed by atoms with Crippen LogP contribution in [0.3, 0.4) is 0 Å². The maximum absolute atomic E-state index is 11.7. The van der Waals surface area contributed by atoms with Crippen molar-refractivity contribution in [2.24, 2.45) is 0 Å². The van der Waals surface area contributed by atoms with E-state index in [-0.39, 0.29) is 16.8 Å². The van der Waals surface area contributed by atoms with E-state index in [9.17, 15) is 4.79 Å². The van der Waals surface area contributed by atoms with Gasteiger partial charge in [0.1, 0.15) is 5.75 Å². The molecule has 0 N–H and O–H groups in total. The quantitative estimate of drug-likeness (QED) is 0.581. The second-order valence-corrected chi connectivity index (χ2v) is 7.92. The van der Waals surface area contributed by atoms with Crippen LogP contribution in [0, 0.1) is 0 Å². The summed E-state index contributed by atoms with van der Waals surface area (Å²) in [5.74, 6) is 0.835. The average Bonchev–Trinajstić information content (AvgIpc) is 2.93. The molecule has 0 amide bonds. The normalized spacial score (nSPS) is 21.7. The van der Waals surface area contributed by atoms with Crippen LogP contribution in [0.25, 0.3) is 6.08 Å². The van der Waals surface area contributed by atoms with Crippen molar-refractivity contribution in [2.75, 3.05) is 13.2 Å². The number of hydrogen-bond donors (Lipinski definition) is 0. The van der Waals surface area contributed by atoms with Crippen LogP contribution in [0.5, 0.6) is 5.75 Å². The van der Waals surface area contributed by atoms with Gasteiger partial charge < -0.3 is 9.47 Å². The SMILES string of the molecule is CC(C)(C)c1cc(/C=C2/CCOC2=O)cc2c1OCC2(C)C. The molecule has 1 aromatic carbocycles. The van der Waals surface area contributed by atoms with Crippen molar-refractivity contribution in [2.45, 2.75) is 51.9 Å². The Labute approximate surface area is 132 Å². The van der Waals surface area contributed by atoms with Crippen LogP contribution in [0.15, 0.2) is 17.7 Å². The number of hydrogen-bond acceptors (Lipinski definition) is 3. The van der Waals surface area contributed by atoms with Gasteiger partial charge in [-0.2, -0.15) is 0 Å². The molecule has 0 aromatic heterocycles. The van der Waals surface area contributed by atoms with E-state index in [1.165, 1.54) is 11.1 Å². The van der Waals surface area contributed by atoms with Crippen LogP contribution in [0.4, 0.5) is 0 Å². The lowest BCUT2D eigenvalue weighted by Crippen LogP contribution is -2.18. The molecule has 0 atom stereocenters. The molecule has 0 unspecified atom stereocenters. The first-order valence-corrected chi connectivity index (χ1v) is 7.88. The van der Waals surface area contributed by atoms with Crippen molar-refractivity contribution in [1.82, 2.24) is 0 Å². The third kappa shape index (κ3) is 2.53. The Morgan fingerprint density at radius 3 is 2.50 bits per heavy atom. The third-order valence-electron chi connectivity index (χ3n) is 4.43. The summed E-state index contributed by atoms with van der Waals surface area (Å²) in [5, 5.41) is 0. The third-order valence-corrected chi connectivity index (χ3v) is 4.43. The zero-order valence-corrected chi connectivity index (χ0v) is 14.1. The van der Waals surface area contributed by atoms with E-state index in [0.29, 0.717) is 19.6 Å². The Kier molecular flexibility index (Phi) is 3.35. The van der Waals surface area contributed by atoms with Gasteiger partial charge in [0.2, 0.25) is 0 Å². The molecule has 0 spiro atoms. The topological polar surface area (TPSA) is 35.5 Å².